The number of benzene rings is 1. The van der Waals surface area contributed by atoms with Crippen LogP contribution in [0.5, 0.6) is 0 Å². The topological polar surface area (TPSA) is 49.8 Å². The first-order valence-electron chi connectivity index (χ1n) is 6.27. The average Bonchev–Trinajstić information content (AvgIpc) is 2.35. The van der Waals surface area contributed by atoms with Crippen LogP contribution < -0.4 is 10.6 Å². The number of anilines is 3. The minimum atomic E-state index is -0.263. The molecule has 0 aliphatic carbocycles. The predicted molar refractivity (Wildman–Crippen MR) is 75.2 cm³/mol. The monoisotopic (exact) mass is 260 g/mol. The third kappa shape index (κ3) is 3.91. The van der Waals surface area contributed by atoms with Gasteiger partial charge in [0.1, 0.15) is 23.8 Å². The zero-order valence-corrected chi connectivity index (χ0v) is 11.1. The van der Waals surface area contributed by atoms with Gasteiger partial charge in [-0.1, -0.05) is 6.92 Å². The molecule has 0 unspecified atom stereocenters. The quantitative estimate of drug-likeness (QED) is 0.864. The van der Waals surface area contributed by atoms with Gasteiger partial charge in [0.25, 0.3) is 0 Å². The lowest BCUT2D eigenvalue weighted by Gasteiger charge is -2.08. The number of nitrogens with zero attached hydrogens (tertiary/aromatic N) is 2. The summed E-state index contributed by atoms with van der Waals surface area (Å²) >= 11 is 0. The molecule has 4 nitrogen and oxygen atoms in total. The molecule has 0 bridgehead atoms. The lowest BCUT2D eigenvalue weighted by atomic mass is 10.2. The number of aryl methyl sites for hydroxylation is 1. The Bertz CT molecular complexity index is 537. The molecule has 100 valence electrons. The Morgan fingerprint density at radius 2 is 1.89 bits per heavy atom. The van der Waals surface area contributed by atoms with Crippen LogP contribution in [0.3, 0.4) is 0 Å². The molecule has 2 aromatic rings. The van der Waals surface area contributed by atoms with E-state index in [-0.39, 0.29) is 5.82 Å². The van der Waals surface area contributed by atoms with Gasteiger partial charge in [-0.05, 0) is 37.1 Å². The smallest absolute Gasteiger partial charge is 0.135 e. The Kier molecular flexibility index (Phi) is 4.28. The van der Waals surface area contributed by atoms with E-state index < -0.39 is 0 Å². The molecular formula is C14H17FN4. The summed E-state index contributed by atoms with van der Waals surface area (Å²) in [4.78, 5) is 8.23. The van der Waals surface area contributed by atoms with E-state index >= 15 is 0 Å². The predicted octanol–water partition coefficient (Wildman–Crippen LogP) is 3.49. The van der Waals surface area contributed by atoms with Crippen LogP contribution in [0.15, 0.2) is 30.6 Å². The van der Waals surface area contributed by atoms with Gasteiger partial charge in [-0.3, -0.25) is 0 Å². The van der Waals surface area contributed by atoms with Crippen molar-refractivity contribution in [3.63, 3.8) is 0 Å². The van der Waals surface area contributed by atoms with Gasteiger partial charge in [-0.2, -0.15) is 0 Å². The number of rotatable bonds is 5. The highest BCUT2D eigenvalue weighted by atomic mass is 19.1. The molecule has 5 heteroatoms. The van der Waals surface area contributed by atoms with Crippen LogP contribution in [0, 0.1) is 12.7 Å². The SMILES string of the molecule is CCCNc1cc(Nc2cc(C)cc(F)c2)ncn1. The first-order valence-corrected chi connectivity index (χ1v) is 6.27. The number of aromatic nitrogens is 2. The molecule has 1 aromatic carbocycles. The molecule has 0 amide bonds. The lowest BCUT2D eigenvalue weighted by Crippen LogP contribution is -2.03. The second kappa shape index (κ2) is 6.13. The fourth-order valence-electron chi connectivity index (χ4n) is 1.73. The van der Waals surface area contributed by atoms with Gasteiger partial charge in [0.15, 0.2) is 0 Å². The van der Waals surface area contributed by atoms with Crippen molar-refractivity contribution in [2.24, 2.45) is 0 Å². The summed E-state index contributed by atoms with van der Waals surface area (Å²) in [5.41, 5.74) is 1.54. The van der Waals surface area contributed by atoms with E-state index in [4.69, 9.17) is 0 Å². The van der Waals surface area contributed by atoms with Crippen LogP contribution in [-0.4, -0.2) is 16.5 Å². The molecule has 2 rings (SSSR count). The van der Waals surface area contributed by atoms with Crippen molar-refractivity contribution in [1.82, 2.24) is 9.97 Å². The maximum absolute atomic E-state index is 13.3. The summed E-state index contributed by atoms with van der Waals surface area (Å²) in [6.07, 6.45) is 2.50. The van der Waals surface area contributed by atoms with Crippen molar-refractivity contribution in [3.05, 3.63) is 42.0 Å². The summed E-state index contributed by atoms with van der Waals surface area (Å²) in [7, 11) is 0. The molecule has 0 fully saturated rings. The Balaban J connectivity index is 2.13. The Morgan fingerprint density at radius 1 is 1.11 bits per heavy atom. The second-order valence-electron chi connectivity index (χ2n) is 4.36. The number of hydrogen-bond donors (Lipinski definition) is 2. The van der Waals surface area contributed by atoms with Crippen LogP contribution in [-0.2, 0) is 0 Å². The third-order valence-corrected chi connectivity index (χ3v) is 2.54. The van der Waals surface area contributed by atoms with Gasteiger partial charge in [0.2, 0.25) is 0 Å². The lowest BCUT2D eigenvalue weighted by molar-refractivity contribution is 0.627. The standard InChI is InChI=1S/C14H17FN4/c1-3-4-16-13-8-14(18-9-17-13)19-12-6-10(2)5-11(15)7-12/h5-9H,3-4H2,1-2H3,(H2,16,17,18,19). The maximum atomic E-state index is 13.3. The number of nitrogens with one attached hydrogen (secondary N) is 2. The molecule has 0 aliphatic heterocycles. The molecule has 0 atom stereocenters. The van der Waals surface area contributed by atoms with Gasteiger partial charge in [0.05, 0.1) is 0 Å². The molecule has 0 saturated heterocycles. The van der Waals surface area contributed by atoms with E-state index in [1.165, 1.54) is 18.5 Å². The zero-order chi connectivity index (χ0) is 13.7. The molecule has 19 heavy (non-hydrogen) atoms. The molecule has 1 heterocycles. The largest absolute Gasteiger partial charge is 0.370 e. The number of hydrogen-bond acceptors (Lipinski definition) is 4. The fourth-order valence-corrected chi connectivity index (χ4v) is 1.73. The van der Waals surface area contributed by atoms with Crippen LogP contribution in [0.1, 0.15) is 18.9 Å². The second-order valence-corrected chi connectivity index (χ2v) is 4.36. The van der Waals surface area contributed by atoms with Crippen molar-refractivity contribution >= 4 is 17.3 Å². The number of halogens is 1. The van der Waals surface area contributed by atoms with Gasteiger partial charge >= 0.3 is 0 Å². The summed E-state index contributed by atoms with van der Waals surface area (Å²) in [5, 5.41) is 6.25. The average molecular weight is 260 g/mol. The first-order chi connectivity index (χ1) is 9.17. The maximum Gasteiger partial charge on any atom is 0.135 e. The van der Waals surface area contributed by atoms with Crippen molar-refractivity contribution < 1.29 is 4.39 Å². The Hall–Kier alpha value is -2.17. The highest BCUT2D eigenvalue weighted by molar-refractivity contribution is 5.59. The van der Waals surface area contributed by atoms with Gasteiger partial charge in [0, 0.05) is 18.3 Å². The summed E-state index contributed by atoms with van der Waals surface area (Å²) < 4.78 is 13.3. The first kappa shape index (κ1) is 13.3. The van der Waals surface area contributed by atoms with E-state index in [0.29, 0.717) is 11.5 Å². The summed E-state index contributed by atoms with van der Waals surface area (Å²) in [6.45, 7) is 4.79. The van der Waals surface area contributed by atoms with E-state index in [1.54, 1.807) is 6.07 Å². The fraction of sp³-hybridized carbons (Fsp3) is 0.286. The van der Waals surface area contributed by atoms with Crippen molar-refractivity contribution in [1.29, 1.82) is 0 Å². The van der Waals surface area contributed by atoms with Crippen LogP contribution >= 0.6 is 0 Å². The molecule has 0 aliphatic rings. The minimum absolute atomic E-state index is 0.263. The summed E-state index contributed by atoms with van der Waals surface area (Å²) in [5.74, 6) is 1.13. The summed E-state index contributed by atoms with van der Waals surface area (Å²) in [6, 6.07) is 6.59. The zero-order valence-electron chi connectivity index (χ0n) is 11.1. The van der Waals surface area contributed by atoms with Crippen LogP contribution in [0.4, 0.5) is 21.7 Å². The van der Waals surface area contributed by atoms with E-state index in [1.807, 2.05) is 13.0 Å². The molecule has 0 saturated carbocycles. The van der Waals surface area contributed by atoms with Gasteiger partial charge in [-0.25, -0.2) is 14.4 Å². The van der Waals surface area contributed by atoms with Gasteiger partial charge < -0.3 is 10.6 Å². The normalized spacial score (nSPS) is 10.3. The van der Waals surface area contributed by atoms with Crippen LogP contribution in [0.25, 0.3) is 0 Å². The van der Waals surface area contributed by atoms with E-state index in [2.05, 4.69) is 27.5 Å². The Labute approximate surface area is 112 Å². The molecule has 2 N–H and O–H groups in total. The molecule has 0 spiro atoms. The highest BCUT2D eigenvalue weighted by Gasteiger charge is 2.01. The van der Waals surface area contributed by atoms with Crippen molar-refractivity contribution in [3.8, 4) is 0 Å². The van der Waals surface area contributed by atoms with E-state index in [0.717, 1.165) is 24.3 Å². The molecule has 0 radical (unpaired) electrons. The molecule has 1 aromatic heterocycles. The highest BCUT2D eigenvalue weighted by Crippen LogP contribution is 2.18. The van der Waals surface area contributed by atoms with Crippen LogP contribution in [0.2, 0.25) is 0 Å². The third-order valence-electron chi connectivity index (χ3n) is 2.54. The molecular weight excluding hydrogens is 243 g/mol. The van der Waals surface area contributed by atoms with E-state index in [9.17, 15) is 4.39 Å². The van der Waals surface area contributed by atoms with Crippen molar-refractivity contribution in [2.45, 2.75) is 20.3 Å². The van der Waals surface area contributed by atoms with Gasteiger partial charge in [-0.15, -0.1) is 0 Å². The Morgan fingerprint density at radius 3 is 2.63 bits per heavy atom. The van der Waals surface area contributed by atoms with Crippen molar-refractivity contribution in [2.75, 3.05) is 17.2 Å². The minimum Gasteiger partial charge on any atom is -0.370 e.